The highest BCUT2D eigenvalue weighted by Gasteiger charge is 2.15. The maximum atomic E-state index is 11.6. The van der Waals surface area contributed by atoms with E-state index >= 15 is 0 Å². The molecule has 24 heavy (non-hydrogen) atoms. The van der Waals surface area contributed by atoms with Gasteiger partial charge in [0.25, 0.3) is 0 Å². The van der Waals surface area contributed by atoms with Gasteiger partial charge in [-0.3, -0.25) is 0 Å². The van der Waals surface area contributed by atoms with Gasteiger partial charge in [-0.25, -0.2) is 14.8 Å². The second kappa shape index (κ2) is 7.29. The molecule has 3 rings (SSSR count). The van der Waals surface area contributed by atoms with Crippen molar-refractivity contribution >= 4 is 23.3 Å². The zero-order valence-corrected chi connectivity index (χ0v) is 14.0. The van der Waals surface area contributed by atoms with Gasteiger partial charge in [-0.2, -0.15) is 0 Å². The van der Waals surface area contributed by atoms with Crippen molar-refractivity contribution in [2.75, 3.05) is 17.7 Å². The second-order valence-electron chi connectivity index (χ2n) is 6.01. The first-order chi connectivity index (χ1) is 11.6. The fourth-order valence-electron chi connectivity index (χ4n) is 2.97. The predicted octanol–water partition coefficient (Wildman–Crippen LogP) is 3.67. The van der Waals surface area contributed by atoms with Crippen molar-refractivity contribution in [3.05, 3.63) is 41.7 Å². The summed E-state index contributed by atoms with van der Waals surface area (Å²) in [5.41, 5.74) is 1.28. The smallest absolute Gasteiger partial charge is 0.337 e. The molecule has 1 saturated carbocycles. The molecule has 0 saturated heterocycles. The molecule has 6 nitrogen and oxygen atoms in total. The van der Waals surface area contributed by atoms with Crippen LogP contribution in [0.2, 0.25) is 0 Å². The van der Waals surface area contributed by atoms with Crippen molar-refractivity contribution in [3.63, 3.8) is 0 Å². The molecule has 1 aromatic carbocycles. The van der Waals surface area contributed by atoms with Gasteiger partial charge in [0.2, 0.25) is 0 Å². The fourth-order valence-corrected chi connectivity index (χ4v) is 2.97. The monoisotopic (exact) mass is 326 g/mol. The van der Waals surface area contributed by atoms with Crippen molar-refractivity contribution in [1.29, 1.82) is 0 Å². The lowest BCUT2D eigenvalue weighted by atomic mass is 10.2. The van der Waals surface area contributed by atoms with Crippen LogP contribution in [0.4, 0.5) is 17.3 Å². The number of ether oxygens (including phenoxy) is 1. The van der Waals surface area contributed by atoms with E-state index in [0.29, 0.717) is 23.2 Å². The number of hydrogen-bond donors (Lipinski definition) is 2. The van der Waals surface area contributed by atoms with Gasteiger partial charge < -0.3 is 15.4 Å². The van der Waals surface area contributed by atoms with Gasteiger partial charge >= 0.3 is 5.97 Å². The van der Waals surface area contributed by atoms with Gasteiger partial charge in [-0.1, -0.05) is 18.9 Å². The van der Waals surface area contributed by atoms with Crippen molar-refractivity contribution < 1.29 is 9.53 Å². The second-order valence-corrected chi connectivity index (χ2v) is 6.01. The Morgan fingerprint density at radius 1 is 1.17 bits per heavy atom. The number of carbonyl (C=O) groups excluding carboxylic acids is 1. The Labute approximate surface area is 141 Å². The van der Waals surface area contributed by atoms with Crippen LogP contribution in [0.15, 0.2) is 30.3 Å². The average Bonchev–Trinajstić information content (AvgIpc) is 3.06. The van der Waals surface area contributed by atoms with Crippen LogP contribution in [0, 0.1) is 6.92 Å². The number of anilines is 3. The SMILES string of the molecule is COC(=O)c1cccc(Nc2cc(NC3CCCC3)nc(C)n2)c1. The van der Waals surface area contributed by atoms with Crippen LogP contribution in [0.5, 0.6) is 0 Å². The van der Waals surface area contributed by atoms with Crippen LogP contribution < -0.4 is 10.6 Å². The zero-order valence-electron chi connectivity index (χ0n) is 14.0. The summed E-state index contributed by atoms with van der Waals surface area (Å²) >= 11 is 0. The topological polar surface area (TPSA) is 76.1 Å². The molecule has 1 aromatic heterocycles. The molecule has 2 N–H and O–H groups in total. The number of nitrogens with one attached hydrogen (secondary N) is 2. The fraction of sp³-hybridized carbons (Fsp3) is 0.389. The first-order valence-corrected chi connectivity index (χ1v) is 8.21. The third-order valence-corrected chi connectivity index (χ3v) is 4.10. The van der Waals surface area contributed by atoms with Gasteiger partial charge in [0.15, 0.2) is 0 Å². The summed E-state index contributed by atoms with van der Waals surface area (Å²) < 4.78 is 4.75. The highest BCUT2D eigenvalue weighted by molar-refractivity contribution is 5.90. The molecule has 0 spiro atoms. The number of nitrogens with zero attached hydrogens (tertiary/aromatic N) is 2. The molecule has 0 bridgehead atoms. The van der Waals surface area contributed by atoms with Crippen molar-refractivity contribution in [2.24, 2.45) is 0 Å². The van der Waals surface area contributed by atoms with Gasteiger partial charge in [-0.05, 0) is 38.0 Å². The summed E-state index contributed by atoms with van der Waals surface area (Å²) in [5, 5.41) is 6.71. The Balaban J connectivity index is 1.77. The van der Waals surface area contributed by atoms with Crippen LogP contribution in [0.3, 0.4) is 0 Å². The van der Waals surface area contributed by atoms with Gasteiger partial charge in [0.1, 0.15) is 17.5 Å². The summed E-state index contributed by atoms with van der Waals surface area (Å²) in [5.74, 6) is 1.87. The number of esters is 1. The van der Waals surface area contributed by atoms with E-state index in [2.05, 4.69) is 20.6 Å². The minimum absolute atomic E-state index is 0.360. The molecule has 6 heteroatoms. The molecule has 0 amide bonds. The van der Waals surface area contributed by atoms with Crippen molar-refractivity contribution in [3.8, 4) is 0 Å². The molecule has 0 radical (unpaired) electrons. The molecular weight excluding hydrogens is 304 g/mol. The maximum absolute atomic E-state index is 11.6. The summed E-state index contributed by atoms with van der Waals surface area (Å²) in [6, 6.07) is 9.54. The molecular formula is C18H22N4O2. The van der Waals surface area contributed by atoms with Crippen LogP contribution in [-0.4, -0.2) is 29.1 Å². The van der Waals surface area contributed by atoms with Gasteiger partial charge in [0.05, 0.1) is 12.7 Å². The number of methoxy groups -OCH3 is 1. The zero-order chi connectivity index (χ0) is 16.9. The number of carbonyl (C=O) groups is 1. The molecule has 1 fully saturated rings. The number of rotatable bonds is 5. The third-order valence-electron chi connectivity index (χ3n) is 4.10. The van der Waals surface area contributed by atoms with Gasteiger partial charge in [0, 0.05) is 17.8 Å². The summed E-state index contributed by atoms with van der Waals surface area (Å²) in [4.78, 5) is 20.5. The summed E-state index contributed by atoms with van der Waals surface area (Å²) in [6.07, 6.45) is 4.92. The number of aryl methyl sites for hydroxylation is 1. The number of aromatic nitrogens is 2. The lowest BCUT2D eigenvalue weighted by molar-refractivity contribution is 0.0601. The van der Waals surface area contributed by atoms with Crippen LogP contribution >= 0.6 is 0 Å². The van der Waals surface area contributed by atoms with Crippen LogP contribution in [-0.2, 0) is 4.74 Å². The largest absolute Gasteiger partial charge is 0.465 e. The molecule has 126 valence electrons. The van der Waals surface area contributed by atoms with Gasteiger partial charge in [-0.15, -0.1) is 0 Å². The molecule has 0 atom stereocenters. The van der Waals surface area contributed by atoms with E-state index in [9.17, 15) is 4.79 Å². The lowest BCUT2D eigenvalue weighted by Gasteiger charge is -2.14. The van der Waals surface area contributed by atoms with E-state index in [1.165, 1.54) is 32.8 Å². The van der Waals surface area contributed by atoms with Crippen LogP contribution in [0.1, 0.15) is 41.9 Å². The Kier molecular flexibility index (Phi) is 4.93. The Hall–Kier alpha value is -2.63. The Morgan fingerprint density at radius 3 is 2.67 bits per heavy atom. The van der Waals surface area contributed by atoms with Crippen LogP contribution in [0.25, 0.3) is 0 Å². The Morgan fingerprint density at radius 2 is 1.92 bits per heavy atom. The first-order valence-electron chi connectivity index (χ1n) is 8.21. The highest BCUT2D eigenvalue weighted by atomic mass is 16.5. The van der Waals surface area contributed by atoms with E-state index in [4.69, 9.17) is 4.74 Å². The maximum Gasteiger partial charge on any atom is 0.337 e. The van der Waals surface area contributed by atoms with Crippen molar-refractivity contribution in [1.82, 2.24) is 9.97 Å². The molecule has 2 aromatic rings. The van der Waals surface area contributed by atoms with E-state index in [1.807, 2.05) is 19.1 Å². The first kappa shape index (κ1) is 16.2. The van der Waals surface area contributed by atoms with E-state index in [-0.39, 0.29) is 5.97 Å². The number of hydrogen-bond acceptors (Lipinski definition) is 6. The van der Waals surface area contributed by atoms with E-state index in [0.717, 1.165) is 11.5 Å². The summed E-state index contributed by atoms with van der Waals surface area (Å²) in [6.45, 7) is 1.87. The lowest BCUT2D eigenvalue weighted by Crippen LogP contribution is -2.16. The third kappa shape index (κ3) is 4.01. The van der Waals surface area contributed by atoms with Crippen molar-refractivity contribution in [2.45, 2.75) is 38.6 Å². The Bertz CT molecular complexity index is 727. The van der Waals surface area contributed by atoms with E-state index in [1.54, 1.807) is 18.2 Å². The standard InChI is InChI=1S/C18H22N4O2/c1-12-19-16(21-14-7-3-4-8-14)11-17(20-12)22-15-9-5-6-13(10-15)18(23)24-2/h5-6,9-11,14H,3-4,7-8H2,1-2H3,(H2,19,20,21,22). The van der Waals surface area contributed by atoms with E-state index < -0.39 is 0 Å². The highest BCUT2D eigenvalue weighted by Crippen LogP contribution is 2.23. The molecule has 1 heterocycles. The minimum Gasteiger partial charge on any atom is -0.465 e. The summed E-state index contributed by atoms with van der Waals surface area (Å²) in [7, 11) is 1.37. The average molecular weight is 326 g/mol. The molecule has 1 aliphatic carbocycles. The normalized spacial score (nSPS) is 14.4. The molecule has 0 unspecified atom stereocenters. The predicted molar refractivity (Wildman–Crippen MR) is 93.7 cm³/mol. The quantitative estimate of drug-likeness (QED) is 0.817. The molecule has 0 aliphatic heterocycles. The number of benzene rings is 1. The molecule has 1 aliphatic rings. The minimum atomic E-state index is -0.360.